The molecule has 88 valence electrons. The monoisotopic (exact) mass is 221 g/mol. The van der Waals surface area contributed by atoms with Crippen molar-refractivity contribution in [3.05, 3.63) is 23.3 Å². The Hall–Kier alpha value is -1.22. The second-order valence-electron chi connectivity index (χ2n) is 4.53. The number of hydrogen-bond acceptors (Lipinski definition) is 3. The quantitative estimate of drug-likeness (QED) is 0.852. The number of methoxy groups -OCH3 is 2. The lowest BCUT2D eigenvalue weighted by Crippen LogP contribution is -2.44. The van der Waals surface area contributed by atoms with E-state index in [4.69, 9.17) is 15.2 Å². The molecule has 2 N–H and O–H groups in total. The number of aryl methyl sites for hydroxylation is 1. The van der Waals surface area contributed by atoms with Crippen LogP contribution in [0, 0.1) is 6.92 Å². The van der Waals surface area contributed by atoms with E-state index in [1.54, 1.807) is 14.2 Å². The highest BCUT2D eigenvalue weighted by Crippen LogP contribution is 2.45. The van der Waals surface area contributed by atoms with E-state index in [9.17, 15) is 0 Å². The van der Waals surface area contributed by atoms with Crippen molar-refractivity contribution in [2.24, 2.45) is 5.73 Å². The summed E-state index contributed by atoms with van der Waals surface area (Å²) in [6.45, 7) is 2.06. The van der Waals surface area contributed by atoms with Gasteiger partial charge in [-0.2, -0.15) is 0 Å². The summed E-state index contributed by atoms with van der Waals surface area (Å²) in [5.74, 6) is 1.67. The summed E-state index contributed by atoms with van der Waals surface area (Å²) in [4.78, 5) is 0. The van der Waals surface area contributed by atoms with E-state index < -0.39 is 0 Å². The molecule has 1 aromatic rings. The predicted octanol–water partition coefficient (Wildman–Crippen LogP) is 2.35. The van der Waals surface area contributed by atoms with Crippen LogP contribution in [0.4, 0.5) is 0 Å². The van der Waals surface area contributed by atoms with E-state index in [1.165, 1.54) is 6.42 Å². The molecular weight excluding hydrogens is 202 g/mol. The number of rotatable bonds is 3. The lowest BCUT2D eigenvalue weighted by atomic mass is 9.71. The normalized spacial score (nSPS) is 17.8. The predicted molar refractivity (Wildman–Crippen MR) is 64.0 cm³/mol. The molecule has 0 heterocycles. The molecule has 3 nitrogen and oxygen atoms in total. The molecule has 2 rings (SSSR count). The lowest BCUT2D eigenvalue weighted by Gasteiger charge is -2.40. The average Bonchev–Trinajstić information content (AvgIpc) is 2.24. The smallest absolute Gasteiger partial charge is 0.127 e. The second-order valence-corrected chi connectivity index (χ2v) is 4.53. The molecule has 0 aromatic heterocycles. The molecule has 1 aliphatic rings. The van der Waals surface area contributed by atoms with Crippen molar-refractivity contribution in [2.75, 3.05) is 14.2 Å². The summed E-state index contributed by atoms with van der Waals surface area (Å²) < 4.78 is 10.7. The first-order valence-corrected chi connectivity index (χ1v) is 5.63. The third-order valence-corrected chi connectivity index (χ3v) is 3.47. The molecule has 16 heavy (non-hydrogen) atoms. The topological polar surface area (TPSA) is 44.5 Å². The maximum atomic E-state index is 6.37. The number of nitrogens with two attached hydrogens (primary N) is 1. The molecule has 1 aromatic carbocycles. The summed E-state index contributed by atoms with van der Waals surface area (Å²) in [6.07, 6.45) is 3.28. The van der Waals surface area contributed by atoms with Gasteiger partial charge in [-0.15, -0.1) is 0 Å². The zero-order valence-corrected chi connectivity index (χ0v) is 10.2. The summed E-state index contributed by atoms with van der Waals surface area (Å²) in [5.41, 5.74) is 8.47. The largest absolute Gasteiger partial charge is 0.497 e. The molecule has 0 amide bonds. The fraction of sp³-hybridized carbons (Fsp3) is 0.538. The number of hydrogen-bond donors (Lipinski definition) is 1. The van der Waals surface area contributed by atoms with Crippen LogP contribution in [0.1, 0.15) is 30.4 Å². The molecule has 3 heteroatoms. The van der Waals surface area contributed by atoms with Crippen LogP contribution in [0.3, 0.4) is 0 Å². The van der Waals surface area contributed by atoms with Gasteiger partial charge >= 0.3 is 0 Å². The van der Waals surface area contributed by atoms with E-state index in [0.29, 0.717) is 0 Å². The maximum Gasteiger partial charge on any atom is 0.127 e. The summed E-state index contributed by atoms with van der Waals surface area (Å²) in [5, 5.41) is 0. The zero-order valence-electron chi connectivity index (χ0n) is 10.2. The van der Waals surface area contributed by atoms with E-state index in [2.05, 4.69) is 6.92 Å². The Balaban J connectivity index is 2.50. The molecule has 1 aliphatic carbocycles. The molecule has 0 bridgehead atoms. The van der Waals surface area contributed by atoms with Crippen LogP contribution >= 0.6 is 0 Å². The van der Waals surface area contributed by atoms with Crippen LogP contribution in [0.25, 0.3) is 0 Å². The third-order valence-electron chi connectivity index (χ3n) is 3.47. The summed E-state index contributed by atoms with van der Waals surface area (Å²) in [7, 11) is 3.34. The van der Waals surface area contributed by atoms with Gasteiger partial charge in [-0.1, -0.05) is 0 Å². The van der Waals surface area contributed by atoms with Gasteiger partial charge in [-0.25, -0.2) is 0 Å². The van der Waals surface area contributed by atoms with Crippen molar-refractivity contribution in [3.63, 3.8) is 0 Å². The van der Waals surface area contributed by atoms with Crippen LogP contribution in [-0.2, 0) is 5.54 Å². The van der Waals surface area contributed by atoms with Crippen molar-refractivity contribution < 1.29 is 9.47 Å². The second kappa shape index (κ2) is 3.98. The zero-order chi connectivity index (χ0) is 11.8. The summed E-state index contributed by atoms with van der Waals surface area (Å²) >= 11 is 0. The van der Waals surface area contributed by atoms with Crippen LogP contribution in [0.5, 0.6) is 11.5 Å². The van der Waals surface area contributed by atoms with Crippen molar-refractivity contribution in [3.8, 4) is 11.5 Å². The fourth-order valence-electron chi connectivity index (χ4n) is 2.45. The third kappa shape index (κ3) is 1.65. The van der Waals surface area contributed by atoms with E-state index in [1.807, 2.05) is 12.1 Å². The van der Waals surface area contributed by atoms with Gasteiger partial charge in [0.25, 0.3) is 0 Å². The summed E-state index contributed by atoms with van der Waals surface area (Å²) in [6, 6.07) is 3.93. The highest BCUT2D eigenvalue weighted by molar-refractivity contribution is 5.50. The molecule has 1 fully saturated rings. The van der Waals surface area contributed by atoms with Crippen molar-refractivity contribution in [1.29, 1.82) is 0 Å². The Bertz CT molecular complexity index is 397. The minimum atomic E-state index is -0.193. The fourth-order valence-corrected chi connectivity index (χ4v) is 2.45. The van der Waals surface area contributed by atoms with Crippen LogP contribution in [0.2, 0.25) is 0 Å². The highest BCUT2D eigenvalue weighted by atomic mass is 16.5. The molecule has 0 atom stereocenters. The average molecular weight is 221 g/mol. The molecular formula is C13H19NO2. The first-order chi connectivity index (χ1) is 7.60. The molecule has 0 unspecified atom stereocenters. The molecule has 1 saturated carbocycles. The van der Waals surface area contributed by atoms with Gasteiger partial charge in [-0.3, -0.25) is 0 Å². The number of ether oxygens (including phenoxy) is 2. The Morgan fingerprint density at radius 1 is 1.19 bits per heavy atom. The van der Waals surface area contributed by atoms with E-state index in [-0.39, 0.29) is 5.54 Å². The Morgan fingerprint density at radius 2 is 1.88 bits per heavy atom. The van der Waals surface area contributed by atoms with Gasteiger partial charge in [0, 0.05) is 17.2 Å². The van der Waals surface area contributed by atoms with Gasteiger partial charge in [-0.05, 0) is 37.8 Å². The Kier molecular flexibility index (Phi) is 2.80. The molecule has 0 aliphatic heterocycles. The van der Waals surface area contributed by atoms with Gasteiger partial charge in [0.1, 0.15) is 11.5 Å². The van der Waals surface area contributed by atoms with Gasteiger partial charge in [0.2, 0.25) is 0 Å². The van der Waals surface area contributed by atoms with Crippen LogP contribution in [0.15, 0.2) is 12.1 Å². The van der Waals surface area contributed by atoms with E-state index >= 15 is 0 Å². The molecule has 0 saturated heterocycles. The Labute approximate surface area is 96.5 Å². The van der Waals surface area contributed by atoms with Gasteiger partial charge in [0.15, 0.2) is 0 Å². The van der Waals surface area contributed by atoms with E-state index in [0.717, 1.165) is 35.5 Å². The molecule has 0 spiro atoms. The SMILES string of the molecule is COc1cc(C)c(C2(N)CCC2)c(OC)c1. The number of benzene rings is 1. The van der Waals surface area contributed by atoms with Crippen LogP contribution in [-0.4, -0.2) is 14.2 Å². The minimum absolute atomic E-state index is 0.193. The standard InChI is InChI=1S/C13H19NO2/c1-9-7-10(15-2)8-11(16-3)12(9)13(14)5-4-6-13/h7-8H,4-6,14H2,1-3H3. The highest BCUT2D eigenvalue weighted by Gasteiger charge is 2.38. The van der Waals surface area contributed by atoms with Crippen LogP contribution < -0.4 is 15.2 Å². The first-order valence-electron chi connectivity index (χ1n) is 5.63. The lowest BCUT2D eigenvalue weighted by molar-refractivity contribution is 0.242. The van der Waals surface area contributed by atoms with Gasteiger partial charge < -0.3 is 15.2 Å². The Morgan fingerprint density at radius 3 is 2.31 bits per heavy atom. The first kappa shape index (κ1) is 11.3. The van der Waals surface area contributed by atoms with Crippen molar-refractivity contribution in [1.82, 2.24) is 0 Å². The maximum absolute atomic E-state index is 6.37. The molecule has 0 radical (unpaired) electrons. The van der Waals surface area contributed by atoms with Crippen molar-refractivity contribution >= 4 is 0 Å². The minimum Gasteiger partial charge on any atom is -0.497 e. The van der Waals surface area contributed by atoms with Crippen molar-refractivity contribution in [2.45, 2.75) is 31.7 Å². The van der Waals surface area contributed by atoms with Gasteiger partial charge in [0.05, 0.1) is 14.2 Å².